The fourth-order valence-corrected chi connectivity index (χ4v) is 3.00. The van der Waals surface area contributed by atoms with E-state index in [1.54, 1.807) is 6.08 Å². The van der Waals surface area contributed by atoms with Crippen LogP contribution in [0.2, 0.25) is 0 Å². The van der Waals surface area contributed by atoms with Gasteiger partial charge in [-0.25, -0.2) is 4.39 Å². The summed E-state index contributed by atoms with van der Waals surface area (Å²) in [6.45, 7) is 4.22. The zero-order valence-corrected chi connectivity index (χ0v) is 12.1. The topological polar surface area (TPSA) is 54.9 Å². The highest BCUT2D eigenvalue weighted by atomic mass is 32.2. The number of thioether (sulfide) groups is 1. The first kappa shape index (κ1) is 14.7. The second-order valence-electron chi connectivity index (χ2n) is 3.76. The Balaban J connectivity index is 1.88. The lowest BCUT2D eigenvalue weighted by Crippen LogP contribution is -2.01. The van der Waals surface area contributed by atoms with Crippen LogP contribution in [0.1, 0.15) is 10.4 Å². The maximum atomic E-state index is 12.8. The number of rotatable bonds is 7. The number of nitrogens with one attached hydrogen (secondary N) is 1. The van der Waals surface area contributed by atoms with Gasteiger partial charge >= 0.3 is 0 Å². The Labute approximate surface area is 124 Å². The molecular weight excluding hydrogens is 297 g/mol. The molecule has 104 valence electrons. The van der Waals surface area contributed by atoms with Crippen LogP contribution in [0.15, 0.2) is 41.3 Å². The molecule has 0 aliphatic rings. The number of anilines is 1. The molecule has 2 rings (SSSR count). The maximum absolute atomic E-state index is 12.8. The number of nitrogens with zero attached hydrogens (tertiary/aromatic N) is 2. The predicted molar refractivity (Wildman–Crippen MR) is 80.1 cm³/mol. The number of ketones is 1. The minimum Gasteiger partial charge on any atom is -0.357 e. The average molecular weight is 309 g/mol. The minimum atomic E-state index is -0.351. The van der Waals surface area contributed by atoms with E-state index in [2.05, 4.69) is 22.1 Å². The van der Waals surface area contributed by atoms with E-state index < -0.39 is 0 Å². The van der Waals surface area contributed by atoms with Crippen molar-refractivity contribution in [2.75, 3.05) is 17.6 Å². The number of halogens is 1. The monoisotopic (exact) mass is 309 g/mol. The Kier molecular flexibility index (Phi) is 5.25. The van der Waals surface area contributed by atoms with E-state index in [1.165, 1.54) is 47.4 Å². The van der Waals surface area contributed by atoms with Crippen molar-refractivity contribution in [2.45, 2.75) is 4.34 Å². The van der Waals surface area contributed by atoms with Gasteiger partial charge in [0.1, 0.15) is 5.82 Å². The van der Waals surface area contributed by atoms with Crippen LogP contribution in [0.5, 0.6) is 0 Å². The Morgan fingerprint density at radius 2 is 2.15 bits per heavy atom. The quantitative estimate of drug-likeness (QED) is 0.483. The summed E-state index contributed by atoms with van der Waals surface area (Å²) >= 11 is 2.70. The molecule has 0 amide bonds. The molecule has 0 aliphatic carbocycles. The van der Waals surface area contributed by atoms with Crippen molar-refractivity contribution in [1.29, 1.82) is 0 Å². The SMILES string of the molecule is C=CCNc1nnc(SCC(=O)c2ccc(F)cc2)s1. The number of hydrogen-bond acceptors (Lipinski definition) is 6. The standard InChI is InChI=1S/C13H12FN3OS2/c1-2-7-15-12-16-17-13(20-12)19-8-11(18)9-3-5-10(14)6-4-9/h2-6H,1,7-8H2,(H,15,16). The number of Topliss-reactive ketones (excluding diaryl/α,β-unsaturated/α-hetero) is 1. The minimum absolute atomic E-state index is 0.0641. The summed E-state index contributed by atoms with van der Waals surface area (Å²) in [5.74, 6) is -0.163. The molecule has 1 heterocycles. The van der Waals surface area contributed by atoms with Crippen LogP contribution in [-0.4, -0.2) is 28.3 Å². The van der Waals surface area contributed by atoms with E-state index in [4.69, 9.17) is 0 Å². The van der Waals surface area contributed by atoms with Crippen molar-refractivity contribution in [1.82, 2.24) is 10.2 Å². The molecule has 0 saturated heterocycles. The lowest BCUT2D eigenvalue weighted by atomic mass is 10.1. The van der Waals surface area contributed by atoms with Crippen LogP contribution in [0.3, 0.4) is 0 Å². The van der Waals surface area contributed by atoms with Crippen molar-refractivity contribution in [3.8, 4) is 0 Å². The zero-order chi connectivity index (χ0) is 14.4. The molecule has 0 fully saturated rings. The molecule has 20 heavy (non-hydrogen) atoms. The highest BCUT2D eigenvalue weighted by Gasteiger charge is 2.10. The van der Waals surface area contributed by atoms with E-state index in [9.17, 15) is 9.18 Å². The molecule has 1 aromatic carbocycles. The molecule has 0 atom stereocenters. The molecule has 0 bridgehead atoms. The summed E-state index contributed by atoms with van der Waals surface area (Å²) < 4.78 is 13.5. The summed E-state index contributed by atoms with van der Waals surface area (Å²) in [5, 5.41) is 11.6. The molecule has 0 aliphatic heterocycles. The lowest BCUT2D eigenvalue weighted by Gasteiger charge is -1.98. The smallest absolute Gasteiger partial charge is 0.206 e. The van der Waals surface area contributed by atoms with Gasteiger partial charge in [0.2, 0.25) is 5.13 Å². The highest BCUT2D eigenvalue weighted by molar-refractivity contribution is 8.01. The third-order valence-electron chi connectivity index (χ3n) is 2.30. The molecule has 0 radical (unpaired) electrons. The van der Waals surface area contributed by atoms with Gasteiger partial charge in [-0.3, -0.25) is 4.79 Å². The largest absolute Gasteiger partial charge is 0.357 e. The number of hydrogen-bond donors (Lipinski definition) is 1. The van der Waals surface area contributed by atoms with Crippen LogP contribution < -0.4 is 5.32 Å². The normalized spacial score (nSPS) is 10.2. The third kappa shape index (κ3) is 4.14. The Morgan fingerprint density at radius 1 is 1.40 bits per heavy atom. The van der Waals surface area contributed by atoms with E-state index in [-0.39, 0.29) is 17.4 Å². The third-order valence-corrected chi connectivity index (χ3v) is 4.31. The predicted octanol–water partition coefficient (Wildman–Crippen LogP) is 3.25. The molecular formula is C13H12FN3OS2. The summed E-state index contributed by atoms with van der Waals surface area (Å²) in [7, 11) is 0. The number of aromatic nitrogens is 2. The molecule has 0 spiro atoms. The summed E-state index contributed by atoms with van der Waals surface area (Å²) in [6.07, 6.45) is 1.73. The summed E-state index contributed by atoms with van der Waals surface area (Å²) in [4.78, 5) is 11.9. The number of benzene rings is 1. The van der Waals surface area contributed by atoms with Gasteiger partial charge in [0, 0.05) is 12.1 Å². The molecule has 0 unspecified atom stereocenters. The number of carbonyl (C=O) groups excluding carboxylic acids is 1. The molecule has 7 heteroatoms. The molecule has 1 aromatic heterocycles. The lowest BCUT2D eigenvalue weighted by molar-refractivity contribution is 0.102. The molecule has 4 nitrogen and oxygen atoms in total. The molecule has 0 saturated carbocycles. The van der Waals surface area contributed by atoms with Crippen LogP contribution >= 0.6 is 23.1 Å². The maximum Gasteiger partial charge on any atom is 0.206 e. The van der Waals surface area contributed by atoms with Gasteiger partial charge in [-0.05, 0) is 24.3 Å². The van der Waals surface area contributed by atoms with Gasteiger partial charge in [-0.2, -0.15) is 0 Å². The van der Waals surface area contributed by atoms with Gasteiger partial charge in [0.25, 0.3) is 0 Å². The van der Waals surface area contributed by atoms with Gasteiger partial charge < -0.3 is 5.32 Å². The van der Waals surface area contributed by atoms with E-state index in [0.29, 0.717) is 21.6 Å². The fourth-order valence-electron chi connectivity index (χ4n) is 1.35. The van der Waals surface area contributed by atoms with Crippen molar-refractivity contribution in [3.63, 3.8) is 0 Å². The Bertz CT molecular complexity index is 598. The van der Waals surface area contributed by atoms with Crippen molar-refractivity contribution < 1.29 is 9.18 Å². The van der Waals surface area contributed by atoms with Crippen molar-refractivity contribution in [2.24, 2.45) is 0 Å². The summed E-state index contributed by atoms with van der Waals surface area (Å²) in [5.41, 5.74) is 0.494. The van der Waals surface area contributed by atoms with Gasteiger partial charge in [-0.1, -0.05) is 29.2 Å². The highest BCUT2D eigenvalue weighted by Crippen LogP contribution is 2.25. The van der Waals surface area contributed by atoms with Gasteiger partial charge in [-0.15, -0.1) is 16.8 Å². The average Bonchev–Trinajstić information content (AvgIpc) is 2.91. The van der Waals surface area contributed by atoms with Crippen molar-refractivity contribution in [3.05, 3.63) is 48.3 Å². The Hall–Kier alpha value is -1.73. The zero-order valence-electron chi connectivity index (χ0n) is 10.5. The van der Waals surface area contributed by atoms with E-state index in [0.717, 1.165) is 0 Å². The van der Waals surface area contributed by atoms with Gasteiger partial charge in [0.15, 0.2) is 10.1 Å². The van der Waals surface area contributed by atoms with E-state index >= 15 is 0 Å². The summed E-state index contributed by atoms with van der Waals surface area (Å²) in [6, 6.07) is 5.52. The molecule has 1 N–H and O–H groups in total. The van der Waals surface area contributed by atoms with Crippen LogP contribution in [0, 0.1) is 5.82 Å². The van der Waals surface area contributed by atoms with Gasteiger partial charge in [0.05, 0.1) is 5.75 Å². The van der Waals surface area contributed by atoms with E-state index in [1.807, 2.05) is 0 Å². The Morgan fingerprint density at radius 3 is 2.85 bits per heavy atom. The molecule has 2 aromatic rings. The second-order valence-corrected chi connectivity index (χ2v) is 5.96. The first-order valence-electron chi connectivity index (χ1n) is 5.79. The first-order valence-corrected chi connectivity index (χ1v) is 7.59. The van der Waals surface area contributed by atoms with Crippen LogP contribution in [0.4, 0.5) is 9.52 Å². The van der Waals surface area contributed by atoms with Crippen LogP contribution in [-0.2, 0) is 0 Å². The number of carbonyl (C=O) groups is 1. The fraction of sp³-hybridized carbons (Fsp3) is 0.154. The van der Waals surface area contributed by atoms with Crippen molar-refractivity contribution >= 4 is 34.0 Å². The van der Waals surface area contributed by atoms with Crippen LogP contribution in [0.25, 0.3) is 0 Å². The second kappa shape index (κ2) is 7.16. The first-order chi connectivity index (χ1) is 9.69.